The van der Waals surface area contributed by atoms with Crippen molar-refractivity contribution in [3.63, 3.8) is 0 Å². The summed E-state index contributed by atoms with van der Waals surface area (Å²) in [6.45, 7) is 5.19. The molecule has 3 rings (SSSR count). The van der Waals surface area contributed by atoms with Gasteiger partial charge in [-0.3, -0.25) is 0 Å². The van der Waals surface area contributed by atoms with Crippen molar-refractivity contribution in [1.29, 1.82) is 0 Å². The third-order valence-corrected chi connectivity index (χ3v) is 4.66. The van der Waals surface area contributed by atoms with Crippen LogP contribution in [0.1, 0.15) is 57.5 Å². The topological polar surface area (TPSA) is 112 Å². The lowest BCUT2D eigenvalue weighted by Crippen LogP contribution is -2.24. The minimum absolute atomic E-state index is 0.0125. The lowest BCUT2D eigenvalue weighted by Gasteiger charge is -2.21. The van der Waals surface area contributed by atoms with Crippen LogP contribution in [0.2, 0.25) is 0 Å². The van der Waals surface area contributed by atoms with E-state index in [-0.39, 0.29) is 40.4 Å². The van der Waals surface area contributed by atoms with Gasteiger partial charge in [-0.1, -0.05) is 36.4 Å². The molecule has 0 saturated carbocycles. The third-order valence-electron chi connectivity index (χ3n) is 4.66. The summed E-state index contributed by atoms with van der Waals surface area (Å²) < 4.78 is 15.9. The van der Waals surface area contributed by atoms with Crippen molar-refractivity contribution >= 4 is 17.9 Å². The number of ether oxygens (including phenoxy) is 3. The average Bonchev–Trinajstić information content (AvgIpc) is 2.81. The number of pyridine rings is 1. The molecule has 8 nitrogen and oxygen atoms in total. The smallest absolute Gasteiger partial charge is 0.355 e. The fourth-order valence-electron chi connectivity index (χ4n) is 3.15. The van der Waals surface area contributed by atoms with Crippen molar-refractivity contribution in [3.05, 3.63) is 83.0 Å². The number of carbonyl (C=O) groups excluding carboxylic acids is 2. The first-order chi connectivity index (χ1) is 16.1. The molecule has 0 spiro atoms. The van der Waals surface area contributed by atoms with Crippen molar-refractivity contribution in [2.45, 2.75) is 33.0 Å². The van der Waals surface area contributed by atoms with Crippen molar-refractivity contribution < 1.29 is 33.7 Å². The van der Waals surface area contributed by atoms with Crippen LogP contribution in [-0.2, 0) is 16.1 Å². The molecule has 1 N–H and O–H groups in total. The largest absolute Gasteiger partial charge is 0.481 e. The monoisotopic (exact) mass is 463 g/mol. The van der Waals surface area contributed by atoms with Gasteiger partial charge in [-0.05, 0) is 50.1 Å². The highest BCUT2D eigenvalue weighted by Crippen LogP contribution is 2.31. The van der Waals surface area contributed by atoms with Crippen molar-refractivity contribution in [1.82, 2.24) is 4.98 Å². The Morgan fingerprint density at radius 1 is 0.912 bits per heavy atom. The van der Waals surface area contributed by atoms with Gasteiger partial charge in [-0.2, -0.15) is 0 Å². The highest BCUT2D eigenvalue weighted by Gasteiger charge is 2.25. The number of hydrogen-bond acceptors (Lipinski definition) is 7. The fourth-order valence-corrected chi connectivity index (χ4v) is 3.15. The number of nitrogens with zero attached hydrogens (tertiary/aromatic N) is 1. The third kappa shape index (κ3) is 5.98. The zero-order valence-corrected chi connectivity index (χ0v) is 19.3. The first kappa shape index (κ1) is 24.4. The Morgan fingerprint density at radius 3 is 2.21 bits per heavy atom. The maximum Gasteiger partial charge on any atom is 0.355 e. The Kier molecular flexibility index (Phi) is 7.31. The fraction of sp³-hybridized carbons (Fsp3) is 0.231. The summed E-state index contributed by atoms with van der Waals surface area (Å²) in [6.07, 6.45) is 0. The van der Waals surface area contributed by atoms with Gasteiger partial charge in [0, 0.05) is 11.6 Å². The molecule has 0 atom stereocenters. The predicted molar refractivity (Wildman–Crippen MR) is 124 cm³/mol. The van der Waals surface area contributed by atoms with Crippen LogP contribution in [0.3, 0.4) is 0 Å². The van der Waals surface area contributed by atoms with Gasteiger partial charge >= 0.3 is 17.9 Å². The minimum Gasteiger partial charge on any atom is -0.481 e. The second-order valence-electron chi connectivity index (χ2n) is 8.38. The van der Waals surface area contributed by atoms with E-state index in [0.717, 1.165) is 5.56 Å². The van der Waals surface area contributed by atoms with E-state index in [2.05, 4.69) is 4.98 Å². The molecule has 34 heavy (non-hydrogen) atoms. The lowest BCUT2D eigenvalue weighted by molar-refractivity contribution is 0.00701. The summed E-state index contributed by atoms with van der Waals surface area (Å²) in [4.78, 5) is 41.6. The zero-order valence-electron chi connectivity index (χ0n) is 19.3. The highest BCUT2D eigenvalue weighted by atomic mass is 16.6. The lowest BCUT2D eigenvalue weighted by atomic mass is 9.96. The molecule has 0 aliphatic rings. The molecule has 0 aliphatic carbocycles. The number of carboxylic acid groups (broad SMARTS) is 1. The summed E-state index contributed by atoms with van der Waals surface area (Å²) in [6, 6.07) is 16.4. The molecule has 1 heterocycles. The van der Waals surface area contributed by atoms with Crippen LogP contribution < -0.4 is 4.74 Å². The van der Waals surface area contributed by atoms with Gasteiger partial charge < -0.3 is 19.3 Å². The van der Waals surface area contributed by atoms with Crippen LogP contribution >= 0.6 is 0 Å². The number of aromatic carboxylic acids is 1. The van der Waals surface area contributed by atoms with Gasteiger partial charge in [0.05, 0.1) is 18.2 Å². The molecule has 176 valence electrons. The van der Waals surface area contributed by atoms with Crippen LogP contribution in [0.25, 0.3) is 11.1 Å². The number of esters is 2. The Labute approximate surface area is 197 Å². The standard InChI is InChI=1S/C26H25NO7/c1-26(2,3)34-25(31)20-14-17(24(30)33-15-16-8-6-5-7-9-16)10-11-18(20)19-12-13-21(32-4)27-22(19)23(28)29/h5-14H,15H2,1-4H3,(H,28,29). The molecule has 0 unspecified atom stereocenters. The number of hydrogen-bond donors (Lipinski definition) is 1. The Balaban J connectivity index is 2.04. The van der Waals surface area contributed by atoms with E-state index in [0.29, 0.717) is 0 Å². The van der Waals surface area contributed by atoms with Crippen molar-refractivity contribution in [2.24, 2.45) is 0 Å². The van der Waals surface area contributed by atoms with Crippen LogP contribution in [0.15, 0.2) is 60.7 Å². The van der Waals surface area contributed by atoms with Gasteiger partial charge in [0.15, 0.2) is 5.69 Å². The van der Waals surface area contributed by atoms with Gasteiger partial charge in [-0.15, -0.1) is 0 Å². The van der Waals surface area contributed by atoms with Gasteiger partial charge in [0.1, 0.15) is 12.2 Å². The van der Waals surface area contributed by atoms with E-state index >= 15 is 0 Å². The number of methoxy groups -OCH3 is 1. The van der Waals surface area contributed by atoms with E-state index < -0.39 is 23.5 Å². The van der Waals surface area contributed by atoms with E-state index in [1.807, 2.05) is 30.3 Å². The van der Waals surface area contributed by atoms with Crippen LogP contribution in [0, 0.1) is 0 Å². The number of benzene rings is 2. The van der Waals surface area contributed by atoms with Gasteiger partial charge in [-0.25, -0.2) is 19.4 Å². The molecule has 0 bridgehead atoms. The first-order valence-electron chi connectivity index (χ1n) is 10.5. The maximum absolute atomic E-state index is 13.0. The quantitative estimate of drug-likeness (QED) is 0.499. The summed E-state index contributed by atoms with van der Waals surface area (Å²) >= 11 is 0. The molecule has 8 heteroatoms. The molecular weight excluding hydrogens is 438 g/mol. The minimum atomic E-state index is -1.30. The number of carboxylic acids is 1. The molecule has 2 aromatic carbocycles. The van der Waals surface area contributed by atoms with Crippen LogP contribution in [-0.4, -0.2) is 40.7 Å². The predicted octanol–water partition coefficient (Wildman–Crippen LogP) is 4.77. The SMILES string of the molecule is COc1ccc(-c2ccc(C(=O)OCc3ccccc3)cc2C(=O)OC(C)(C)C)c(C(=O)O)n1. The Bertz CT molecular complexity index is 1210. The molecule has 0 fully saturated rings. The molecular formula is C26H25NO7. The Hall–Kier alpha value is -4.20. The second kappa shape index (κ2) is 10.2. The van der Waals surface area contributed by atoms with Crippen LogP contribution in [0.5, 0.6) is 5.88 Å². The molecule has 3 aromatic rings. The summed E-state index contributed by atoms with van der Waals surface area (Å²) in [5.74, 6) is -2.53. The zero-order chi connectivity index (χ0) is 24.9. The number of rotatable bonds is 7. The molecule has 0 saturated heterocycles. The average molecular weight is 463 g/mol. The molecule has 1 aromatic heterocycles. The Morgan fingerprint density at radius 2 is 1.59 bits per heavy atom. The number of carbonyl (C=O) groups is 3. The number of aromatic nitrogens is 1. The van der Waals surface area contributed by atoms with E-state index in [1.54, 1.807) is 20.8 Å². The van der Waals surface area contributed by atoms with E-state index in [9.17, 15) is 19.5 Å². The van der Waals surface area contributed by atoms with E-state index in [1.165, 1.54) is 37.4 Å². The highest BCUT2D eigenvalue weighted by molar-refractivity contribution is 6.04. The molecule has 0 aliphatic heterocycles. The van der Waals surface area contributed by atoms with Gasteiger partial charge in [0.2, 0.25) is 5.88 Å². The summed E-state index contributed by atoms with van der Waals surface area (Å²) in [5, 5.41) is 9.68. The van der Waals surface area contributed by atoms with Crippen molar-refractivity contribution in [3.8, 4) is 17.0 Å². The van der Waals surface area contributed by atoms with E-state index in [4.69, 9.17) is 14.2 Å². The second-order valence-corrected chi connectivity index (χ2v) is 8.38. The molecule has 0 amide bonds. The van der Waals surface area contributed by atoms with Crippen LogP contribution in [0.4, 0.5) is 0 Å². The maximum atomic E-state index is 13.0. The summed E-state index contributed by atoms with van der Waals surface area (Å²) in [7, 11) is 1.37. The summed E-state index contributed by atoms with van der Waals surface area (Å²) in [5.41, 5.74) is 0.266. The van der Waals surface area contributed by atoms with Gasteiger partial charge in [0.25, 0.3) is 0 Å². The normalized spacial score (nSPS) is 10.9. The van der Waals surface area contributed by atoms with Crippen molar-refractivity contribution in [2.75, 3.05) is 7.11 Å². The first-order valence-corrected chi connectivity index (χ1v) is 10.5. The molecule has 0 radical (unpaired) electrons.